The minimum absolute atomic E-state index is 0.00114. The molecule has 2 heterocycles. The standard InChI is InChI=1S/C26H27N3O3/c1-3-26(31)29-13-7-10-22(18-29)32-25-15-20(21-16-27-28(2)17-21)11-12-23(25)24(30)14-19-8-5-4-6-9-19/h3-6,8-9,11-12,15-17,22H,1,7,10,13-14,18H2,2H3/t22-/m1/s1. The summed E-state index contributed by atoms with van der Waals surface area (Å²) < 4.78 is 8.10. The van der Waals surface area contributed by atoms with Gasteiger partial charge in [-0.15, -0.1) is 0 Å². The number of amides is 1. The molecule has 0 saturated carbocycles. The highest BCUT2D eigenvalue weighted by molar-refractivity contribution is 6.00. The minimum atomic E-state index is -0.180. The molecule has 0 aliphatic carbocycles. The Hall–Kier alpha value is -3.67. The van der Waals surface area contributed by atoms with Gasteiger partial charge in [0.25, 0.3) is 0 Å². The Bertz CT molecular complexity index is 1120. The van der Waals surface area contributed by atoms with Crippen LogP contribution in [0.25, 0.3) is 11.1 Å². The van der Waals surface area contributed by atoms with E-state index >= 15 is 0 Å². The van der Waals surface area contributed by atoms with E-state index in [-0.39, 0.29) is 17.8 Å². The molecule has 2 aromatic carbocycles. The number of likely N-dealkylation sites (tertiary alicyclic amines) is 1. The second-order valence-electron chi connectivity index (χ2n) is 8.07. The van der Waals surface area contributed by atoms with Crippen LogP contribution in [0.1, 0.15) is 28.8 Å². The van der Waals surface area contributed by atoms with Gasteiger partial charge in [0.1, 0.15) is 11.9 Å². The molecule has 1 saturated heterocycles. The third kappa shape index (κ3) is 4.97. The largest absolute Gasteiger partial charge is 0.488 e. The van der Waals surface area contributed by atoms with Gasteiger partial charge in [0, 0.05) is 31.8 Å². The molecule has 6 heteroatoms. The van der Waals surface area contributed by atoms with E-state index in [2.05, 4.69) is 11.7 Å². The van der Waals surface area contributed by atoms with Crippen LogP contribution in [0, 0.1) is 0 Å². The third-order valence-electron chi connectivity index (χ3n) is 5.69. The predicted molar refractivity (Wildman–Crippen MR) is 124 cm³/mol. The highest BCUT2D eigenvalue weighted by Gasteiger charge is 2.25. The molecular formula is C26H27N3O3. The lowest BCUT2D eigenvalue weighted by Crippen LogP contribution is -2.43. The maximum absolute atomic E-state index is 13.2. The summed E-state index contributed by atoms with van der Waals surface area (Å²) in [6.07, 6.45) is 6.84. The van der Waals surface area contributed by atoms with Gasteiger partial charge in [-0.05, 0) is 42.2 Å². The number of aryl methyl sites for hydroxylation is 1. The number of aromatic nitrogens is 2. The van der Waals surface area contributed by atoms with Gasteiger partial charge in [-0.25, -0.2) is 0 Å². The number of piperidine rings is 1. The van der Waals surface area contributed by atoms with Crippen molar-refractivity contribution in [3.8, 4) is 16.9 Å². The van der Waals surface area contributed by atoms with Crippen LogP contribution in [0.5, 0.6) is 5.75 Å². The zero-order valence-electron chi connectivity index (χ0n) is 18.2. The van der Waals surface area contributed by atoms with Gasteiger partial charge in [0.05, 0.1) is 18.3 Å². The highest BCUT2D eigenvalue weighted by atomic mass is 16.5. The molecule has 0 spiro atoms. The van der Waals surface area contributed by atoms with Crippen LogP contribution < -0.4 is 4.74 Å². The van der Waals surface area contributed by atoms with E-state index < -0.39 is 0 Å². The van der Waals surface area contributed by atoms with Gasteiger partial charge >= 0.3 is 0 Å². The molecule has 0 N–H and O–H groups in total. The SMILES string of the molecule is C=CC(=O)N1CCC[C@@H](Oc2cc(-c3cnn(C)c3)ccc2C(=O)Cc2ccccc2)C1. The van der Waals surface area contributed by atoms with E-state index in [4.69, 9.17) is 4.74 Å². The minimum Gasteiger partial charge on any atom is -0.488 e. The van der Waals surface area contributed by atoms with Crippen molar-refractivity contribution in [1.82, 2.24) is 14.7 Å². The van der Waals surface area contributed by atoms with E-state index in [1.54, 1.807) is 15.8 Å². The first-order chi connectivity index (χ1) is 15.5. The molecule has 6 nitrogen and oxygen atoms in total. The first kappa shape index (κ1) is 21.6. The maximum Gasteiger partial charge on any atom is 0.246 e. The zero-order chi connectivity index (χ0) is 22.5. The first-order valence-electron chi connectivity index (χ1n) is 10.8. The van der Waals surface area contributed by atoms with Gasteiger partial charge in [-0.3, -0.25) is 14.3 Å². The fourth-order valence-electron chi connectivity index (χ4n) is 4.02. The van der Waals surface area contributed by atoms with E-state index in [1.807, 2.05) is 61.8 Å². The van der Waals surface area contributed by atoms with Crippen molar-refractivity contribution in [2.24, 2.45) is 7.05 Å². The summed E-state index contributed by atoms with van der Waals surface area (Å²) in [5.41, 5.74) is 3.39. The Morgan fingerprint density at radius 1 is 1.19 bits per heavy atom. The Labute approximate surface area is 188 Å². The van der Waals surface area contributed by atoms with Gasteiger partial charge in [-0.1, -0.05) is 43.0 Å². The predicted octanol–water partition coefficient (Wildman–Crippen LogP) is 4.07. The second-order valence-corrected chi connectivity index (χ2v) is 8.07. The van der Waals surface area contributed by atoms with Crippen LogP contribution >= 0.6 is 0 Å². The molecule has 1 amide bonds. The van der Waals surface area contributed by atoms with Crippen molar-refractivity contribution in [1.29, 1.82) is 0 Å². The van der Waals surface area contributed by atoms with Crippen molar-refractivity contribution in [3.63, 3.8) is 0 Å². The number of carbonyl (C=O) groups is 2. The number of benzene rings is 2. The van der Waals surface area contributed by atoms with Crippen molar-refractivity contribution in [3.05, 3.63) is 84.7 Å². The van der Waals surface area contributed by atoms with Crippen LogP contribution in [0.4, 0.5) is 0 Å². The molecular weight excluding hydrogens is 402 g/mol. The molecule has 1 atom stereocenters. The van der Waals surface area contributed by atoms with E-state index in [0.717, 1.165) is 29.5 Å². The Balaban J connectivity index is 1.62. The molecule has 1 fully saturated rings. The molecule has 1 aliphatic heterocycles. The molecule has 0 radical (unpaired) electrons. The van der Waals surface area contributed by atoms with Crippen LogP contribution in [0.3, 0.4) is 0 Å². The van der Waals surface area contributed by atoms with Crippen molar-refractivity contribution < 1.29 is 14.3 Å². The smallest absolute Gasteiger partial charge is 0.246 e. The quantitative estimate of drug-likeness (QED) is 0.420. The van der Waals surface area contributed by atoms with Gasteiger partial charge in [0.2, 0.25) is 5.91 Å². The van der Waals surface area contributed by atoms with Crippen molar-refractivity contribution in [2.75, 3.05) is 13.1 Å². The Kier molecular flexibility index (Phi) is 6.50. The number of nitrogens with zero attached hydrogens (tertiary/aromatic N) is 3. The number of hydrogen-bond acceptors (Lipinski definition) is 4. The second kappa shape index (κ2) is 9.64. The van der Waals surface area contributed by atoms with Gasteiger partial charge in [-0.2, -0.15) is 5.10 Å². The number of carbonyl (C=O) groups excluding carboxylic acids is 2. The number of hydrogen-bond donors (Lipinski definition) is 0. The summed E-state index contributed by atoms with van der Waals surface area (Å²) in [6.45, 7) is 4.76. The molecule has 0 unspecified atom stereocenters. The van der Waals surface area contributed by atoms with E-state index in [1.165, 1.54) is 6.08 Å². The number of Topliss-reactive ketones (excluding diaryl/α,β-unsaturated/α-hetero) is 1. The summed E-state index contributed by atoms with van der Waals surface area (Å²) >= 11 is 0. The molecule has 1 aliphatic rings. The Morgan fingerprint density at radius 2 is 2.00 bits per heavy atom. The summed E-state index contributed by atoms with van der Waals surface area (Å²) in [5, 5.41) is 4.25. The lowest BCUT2D eigenvalue weighted by atomic mass is 9.99. The zero-order valence-corrected chi connectivity index (χ0v) is 18.2. The van der Waals surface area contributed by atoms with Crippen LogP contribution in [0.15, 0.2) is 73.6 Å². The fourth-order valence-corrected chi connectivity index (χ4v) is 4.02. The van der Waals surface area contributed by atoms with Gasteiger partial charge < -0.3 is 9.64 Å². The highest BCUT2D eigenvalue weighted by Crippen LogP contribution is 2.30. The normalized spacial score (nSPS) is 15.9. The molecule has 3 aromatic rings. The number of rotatable bonds is 7. The summed E-state index contributed by atoms with van der Waals surface area (Å²) in [5.74, 6) is 0.451. The first-order valence-corrected chi connectivity index (χ1v) is 10.8. The Morgan fingerprint density at radius 3 is 2.72 bits per heavy atom. The van der Waals surface area contributed by atoms with Crippen molar-refractivity contribution >= 4 is 11.7 Å². The van der Waals surface area contributed by atoms with Crippen LogP contribution in [-0.2, 0) is 18.3 Å². The molecule has 1 aromatic heterocycles. The monoisotopic (exact) mass is 429 g/mol. The summed E-state index contributed by atoms with van der Waals surface area (Å²) in [4.78, 5) is 27.0. The third-order valence-corrected chi connectivity index (χ3v) is 5.69. The summed E-state index contributed by atoms with van der Waals surface area (Å²) in [7, 11) is 1.87. The molecule has 4 rings (SSSR count). The van der Waals surface area contributed by atoms with Crippen LogP contribution in [0.2, 0.25) is 0 Å². The average molecular weight is 430 g/mol. The van der Waals surface area contributed by atoms with E-state index in [9.17, 15) is 9.59 Å². The van der Waals surface area contributed by atoms with Crippen LogP contribution in [-0.4, -0.2) is 45.6 Å². The molecule has 164 valence electrons. The van der Waals surface area contributed by atoms with E-state index in [0.29, 0.717) is 30.8 Å². The number of ether oxygens (including phenoxy) is 1. The molecule has 0 bridgehead atoms. The molecule has 32 heavy (non-hydrogen) atoms. The fraction of sp³-hybridized carbons (Fsp3) is 0.269. The van der Waals surface area contributed by atoms with Gasteiger partial charge in [0.15, 0.2) is 5.78 Å². The lowest BCUT2D eigenvalue weighted by molar-refractivity contribution is -0.128. The maximum atomic E-state index is 13.2. The number of ketones is 1. The average Bonchev–Trinajstić information content (AvgIpc) is 3.25. The topological polar surface area (TPSA) is 64.4 Å². The summed E-state index contributed by atoms with van der Waals surface area (Å²) in [6, 6.07) is 15.4. The lowest BCUT2D eigenvalue weighted by Gasteiger charge is -2.32. The van der Waals surface area contributed by atoms with Crippen molar-refractivity contribution in [2.45, 2.75) is 25.4 Å².